The fraction of sp³-hybridized carbons (Fsp3) is 0.400. The molecule has 0 aliphatic carbocycles. The van der Waals surface area contributed by atoms with Crippen molar-refractivity contribution in [2.24, 2.45) is 5.92 Å². The summed E-state index contributed by atoms with van der Waals surface area (Å²) in [7, 11) is 1.64. The number of benzene rings is 2. The van der Waals surface area contributed by atoms with Gasteiger partial charge in [-0.2, -0.15) is 0 Å². The van der Waals surface area contributed by atoms with Gasteiger partial charge in [0.2, 0.25) is 11.8 Å². The zero-order valence-electron chi connectivity index (χ0n) is 22.5. The van der Waals surface area contributed by atoms with Gasteiger partial charge in [-0.3, -0.25) is 9.59 Å². The topological polar surface area (TPSA) is 78.9 Å². The number of piperazine rings is 1. The number of rotatable bonds is 10. The van der Waals surface area contributed by atoms with Crippen LogP contribution in [0.25, 0.3) is 11.3 Å². The first-order chi connectivity index (χ1) is 18.4. The number of carbonyl (C=O) groups is 2. The normalized spacial score (nSPS) is 13.5. The summed E-state index contributed by atoms with van der Waals surface area (Å²) >= 11 is 0. The molecular formula is C30H37N5O3. The molecular weight excluding hydrogens is 478 g/mol. The molecule has 38 heavy (non-hydrogen) atoms. The van der Waals surface area contributed by atoms with Crippen LogP contribution in [-0.4, -0.2) is 78.2 Å². The van der Waals surface area contributed by atoms with E-state index in [1.165, 1.54) is 0 Å². The van der Waals surface area contributed by atoms with Crippen molar-refractivity contribution in [2.45, 2.75) is 26.7 Å². The van der Waals surface area contributed by atoms with Gasteiger partial charge >= 0.3 is 0 Å². The predicted molar refractivity (Wildman–Crippen MR) is 149 cm³/mol. The van der Waals surface area contributed by atoms with Gasteiger partial charge < -0.3 is 19.4 Å². The third-order valence-corrected chi connectivity index (χ3v) is 6.75. The van der Waals surface area contributed by atoms with Crippen LogP contribution in [0.1, 0.15) is 25.8 Å². The predicted octanol–water partition coefficient (Wildman–Crippen LogP) is 3.92. The van der Waals surface area contributed by atoms with Crippen LogP contribution in [0.4, 0.5) is 5.82 Å². The summed E-state index contributed by atoms with van der Waals surface area (Å²) in [6.45, 7) is 7.22. The van der Waals surface area contributed by atoms with Crippen molar-refractivity contribution in [3.8, 4) is 17.0 Å². The molecule has 1 aromatic heterocycles. The Labute approximate surface area is 225 Å². The number of hydrogen-bond donors (Lipinski definition) is 0. The van der Waals surface area contributed by atoms with Crippen molar-refractivity contribution < 1.29 is 14.3 Å². The molecule has 1 saturated heterocycles. The first kappa shape index (κ1) is 27.1. The van der Waals surface area contributed by atoms with E-state index in [1.807, 2.05) is 73.3 Å². The summed E-state index contributed by atoms with van der Waals surface area (Å²) < 4.78 is 5.30. The molecule has 3 aromatic rings. The Kier molecular flexibility index (Phi) is 9.30. The maximum Gasteiger partial charge on any atom is 0.242 e. The number of aromatic nitrogens is 2. The largest absolute Gasteiger partial charge is 0.497 e. The van der Waals surface area contributed by atoms with Gasteiger partial charge in [-0.1, -0.05) is 56.3 Å². The van der Waals surface area contributed by atoms with Crippen LogP contribution in [0, 0.1) is 5.92 Å². The highest BCUT2D eigenvalue weighted by atomic mass is 16.5. The van der Waals surface area contributed by atoms with E-state index in [0.29, 0.717) is 39.1 Å². The Balaban J connectivity index is 1.32. The highest BCUT2D eigenvalue weighted by Crippen LogP contribution is 2.23. The van der Waals surface area contributed by atoms with Gasteiger partial charge in [0.25, 0.3) is 0 Å². The molecule has 4 rings (SSSR count). The molecule has 1 aliphatic rings. The lowest BCUT2D eigenvalue weighted by molar-refractivity contribution is -0.141. The molecule has 0 radical (unpaired) electrons. The van der Waals surface area contributed by atoms with E-state index in [2.05, 4.69) is 27.2 Å². The lowest BCUT2D eigenvalue weighted by atomic mass is 10.1. The highest BCUT2D eigenvalue weighted by Gasteiger charge is 2.25. The molecule has 8 heteroatoms. The fourth-order valence-electron chi connectivity index (χ4n) is 4.56. The standard InChI is InChI=1S/C30H37N5O3/c1-23(2)20-29(36)35(15-14-24-8-5-4-6-9-24)22-30(37)34-18-16-33(17-19-34)28-13-12-27(31-32-28)25-10-7-11-26(21-25)38-3/h4-13,21,23H,14-20,22H2,1-3H3. The summed E-state index contributed by atoms with van der Waals surface area (Å²) in [6.07, 6.45) is 1.18. The average Bonchev–Trinajstić information content (AvgIpc) is 2.95. The summed E-state index contributed by atoms with van der Waals surface area (Å²) in [5.74, 6) is 1.85. The first-order valence-electron chi connectivity index (χ1n) is 13.3. The van der Waals surface area contributed by atoms with Crippen molar-refractivity contribution >= 4 is 17.6 Å². The molecule has 0 bridgehead atoms. The maximum atomic E-state index is 13.2. The minimum atomic E-state index is -0.00530. The van der Waals surface area contributed by atoms with Gasteiger partial charge in [0, 0.05) is 44.7 Å². The summed E-state index contributed by atoms with van der Waals surface area (Å²) in [5.41, 5.74) is 2.89. The third-order valence-electron chi connectivity index (χ3n) is 6.75. The van der Waals surface area contributed by atoms with Crippen LogP contribution in [0.2, 0.25) is 0 Å². The third kappa shape index (κ3) is 7.31. The van der Waals surface area contributed by atoms with Crippen molar-refractivity contribution in [1.82, 2.24) is 20.0 Å². The van der Waals surface area contributed by atoms with E-state index >= 15 is 0 Å². The number of anilines is 1. The summed E-state index contributed by atoms with van der Waals surface area (Å²) in [5, 5.41) is 8.84. The summed E-state index contributed by atoms with van der Waals surface area (Å²) in [4.78, 5) is 31.8. The lowest BCUT2D eigenvalue weighted by Crippen LogP contribution is -2.52. The van der Waals surface area contributed by atoms with Crippen molar-refractivity contribution in [2.75, 3.05) is 51.3 Å². The lowest BCUT2D eigenvalue weighted by Gasteiger charge is -2.36. The SMILES string of the molecule is COc1cccc(-c2ccc(N3CCN(C(=O)CN(CCc4ccccc4)C(=O)CC(C)C)CC3)nn2)c1. The van der Waals surface area contributed by atoms with E-state index in [0.717, 1.165) is 34.8 Å². The number of hydrogen-bond acceptors (Lipinski definition) is 6. The van der Waals surface area contributed by atoms with Crippen molar-refractivity contribution in [1.29, 1.82) is 0 Å². The Morgan fingerprint density at radius 3 is 2.37 bits per heavy atom. The number of ether oxygens (including phenoxy) is 1. The monoisotopic (exact) mass is 515 g/mol. The molecule has 1 aliphatic heterocycles. The van der Waals surface area contributed by atoms with Gasteiger partial charge in [0.1, 0.15) is 5.75 Å². The summed E-state index contributed by atoms with van der Waals surface area (Å²) in [6, 6.07) is 21.7. The van der Waals surface area contributed by atoms with E-state index < -0.39 is 0 Å². The second-order valence-corrected chi connectivity index (χ2v) is 10.0. The number of nitrogens with zero attached hydrogens (tertiary/aromatic N) is 5. The van der Waals surface area contributed by atoms with Crippen LogP contribution < -0.4 is 9.64 Å². The second-order valence-electron chi connectivity index (χ2n) is 10.0. The van der Waals surface area contributed by atoms with E-state index in [1.54, 1.807) is 12.0 Å². The van der Waals surface area contributed by atoms with Gasteiger partial charge in [-0.05, 0) is 42.2 Å². The minimum Gasteiger partial charge on any atom is -0.497 e. The fourth-order valence-corrected chi connectivity index (χ4v) is 4.56. The molecule has 1 fully saturated rings. The highest BCUT2D eigenvalue weighted by molar-refractivity contribution is 5.85. The quantitative estimate of drug-likeness (QED) is 0.407. The van der Waals surface area contributed by atoms with Crippen LogP contribution in [0.3, 0.4) is 0 Å². The number of methoxy groups -OCH3 is 1. The van der Waals surface area contributed by atoms with Gasteiger partial charge in [-0.15, -0.1) is 10.2 Å². The molecule has 8 nitrogen and oxygen atoms in total. The Hall–Kier alpha value is -3.94. The average molecular weight is 516 g/mol. The van der Waals surface area contributed by atoms with E-state index in [9.17, 15) is 9.59 Å². The Bertz CT molecular complexity index is 1190. The molecule has 0 saturated carbocycles. The van der Waals surface area contributed by atoms with E-state index in [4.69, 9.17) is 4.74 Å². The molecule has 200 valence electrons. The molecule has 0 atom stereocenters. The van der Waals surface area contributed by atoms with Gasteiger partial charge in [-0.25, -0.2) is 0 Å². The molecule has 2 amide bonds. The van der Waals surface area contributed by atoms with Gasteiger partial charge in [0.15, 0.2) is 5.82 Å². The zero-order valence-corrected chi connectivity index (χ0v) is 22.5. The van der Waals surface area contributed by atoms with Gasteiger partial charge in [0.05, 0.1) is 19.3 Å². The van der Waals surface area contributed by atoms with Crippen LogP contribution in [0.15, 0.2) is 66.7 Å². The molecule has 0 unspecified atom stereocenters. The second kappa shape index (κ2) is 13.0. The van der Waals surface area contributed by atoms with Crippen LogP contribution in [-0.2, 0) is 16.0 Å². The number of amides is 2. The smallest absolute Gasteiger partial charge is 0.242 e. The molecule has 0 spiro atoms. The molecule has 2 aromatic carbocycles. The van der Waals surface area contributed by atoms with Crippen molar-refractivity contribution in [3.05, 3.63) is 72.3 Å². The molecule has 0 N–H and O–H groups in total. The van der Waals surface area contributed by atoms with E-state index in [-0.39, 0.29) is 24.3 Å². The molecule has 2 heterocycles. The first-order valence-corrected chi connectivity index (χ1v) is 13.3. The maximum absolute atomic E-state index is 13.2. The van der Waals surface area contributed by atoms with Crippen molar-refractivity contribution in [3.63, 3.8) is 0 Å². The number of carbonyl (C=O) groups excluding carboxylic acids is 2. The van der Waals surface area contributed by atoms with Crippen LogP contribution in [0.5, 0.6) is 5.75 Å². The Morgan fingerprint density at radius 2 is 1.71 bits per heavy atom. The Morgan fingerprint density at radius 1 is 0.947 bits per heavy atom. The minimum absolute atomic E-state index is 0.00530. The van der Waals surface area contributed by atoms with Crippen LogP contribution >= 0.6 is 0 Å². The zero-order chi connectivity index (χ0) is 26.9.